The Morgan fingerprint density at radius 2 is 1.55 bits per heavy atom. The molecule has 0 amide bonds. The molecule has 1 aromatic heterocycles. The summed E-state index contributed by atoms with van der Waals surface area (Å²) in [7, 11) is 0. The van der Waals surface area contributed by atoms with E-state index in [1.807, 2.05) is 24.3 Å². The highest BCUT2D eigenvalue weighted by Gasteiger charge is 2.09. The summed E-state index contributed by atoms with van der Waals surface area (Å²) in [4.78, 5) is 5.99. The van der Waals surface area contributed by atoms with Crippen LogP contribution in [-0.4, -0.2) is 29.2 Å². The smallest absolute Gasteiger partial charge is 0.170 e. The number of amidine groups is 1. The maximum atomic E-state index is 8.67. The maximum Gasteiger partial charge on any atom is 0.170 e. The average molecular weight is 440 g/mol. The minimum atomic E-state index is 0.0881. The second-order valence-corrected chi connectivity index (χ2v) is 8.44. The average Bonchev–Trinajstić information content (AvgIpc) is 3.19. The van der Waals surface area contributed by atoms with Crippen LogP contribution in [0.4, 0.5) is 0 Å². The van der Waals surface area contributed by atoms with Crippen molar-refractivity contribution in [3.8, 4) is 22.8 Å². The largest absolute Gasteiger partial charge is 0.494 e. The van der Waals surface area contributed by atoms with Crippen molar-refractivity contribution in [1.82, 2.24) is 4.98 Å². The number of benzene rings is 2. The van der Waals surface area contributed by atoms with Gasteiger partial charge in [-0.05, 0) is 81.1 Å². The number of nitrogens with zero attached hydrogens (tertiary/aromatic N) is 2. The van der Waals surface area contributed by atoms with Gasteiger partial charge >= 0.3 is 0 Å². The minimum Gasteiger partial charge on any atom is -0.494 e. The van der Waals surface area contributed by atoms with Crippen LogP contribution in [0, 0.1) is 6.92 Å². The van der Waals surface area contributed by atoms with E-state index >= 15 is 0 Å². The Morgan fingerprint density at radius 3 is 2.10 bits per heavy atom. The third-order valence-electron chi connectivity index (χ3n) is 4.84. The fraction of sp³-hybridized carbons (Fsp3) is 0.333. The predicted octanol–water partition coefficient (Wildman–Crippen LogP) is 5.40. The molecule has 2 aromatic carbocycles. The van der Waals surface area contributed by atoms with Crippen LogP contribution < -0.4 is 15.2 Å². The molecule has 6 nitrogen and oxygen atoms in total. The van der Waals surface area contributed by atoms with Crippen LogP contribution >= 0.6 is 11.3 Å². The first-order valence-electron chi connectivity index (χ1n) is 10.5. The minimum absolute atomic E-state index is 0.0881. The highest BCUT2D eigenvalue weighted by Crippen LogP contribution is 2.29. The summed E-state index contributed by atoms with van der Waals surface area (Å²) in [6.07, 6.45) is 3.95. The van der Waals surface area contributed by atoms with Gasteiger partial charge in [-0.25, -0.2) is 4.98 Å². The summed E-state index contributed by atoms with van der Waals surface area (Å²) in [5.74, 6) is 1.74. The highest BCUT2D eigenvalue weighted by atomic mass is 32.1. The van der Waals surface area contributed by atoms with E-state index < -0.39 is 0 Å². The molecular formula is C24H29N3O3S. The third kappa shape index (κ3) is 6.46. The molecule has 3 N–H and O–H groups in total. The first-order chi connectivity index (χ1) is 15.1. The van der Waals surface area contributed by atoms with Crippen LogP contribution in [-0.2, 0) is 6.42 Å². The molecule has 0 saturated heterocycles. The fourth-order valence-corrected chi connectivity index (χ4v) is 4.08. The topological polar surface area (TPSA) is 90.0 Å². The molecule has 0 fully saturated rings. The molecule has 0 aliphatic rings. The number of hydrogen-bond donors (Lipinski definition) is 2. The molecule has 3 aromatic rings. The maximum absolute atomic E-state index is 8.67. The van der Waals surface area contributed by atoms with Crippen molar-refractivity contribution < 1.29 is 14.7 Å². The quantitative estimate of drug-likeness (QED) is 0.137. The first-order valence-corrected chi connectivity index (χ1v) is 11.3. The summed E-state index contributed by atoms with van der Waals surface area (Å²) in [5, 5.41) is 12.8. The number of hydrogen-bond acceptors (Lipinski definition) is 6. The number of thiazole rings is 1. The van der Waals surface area contributed by atoms with E-state index in [1.165, 1.54) is 4.88 Å². The SMILES string of the molecule is CCc1sc(C)nc1-c1ccc(OCCCCCOc2ccc(/C(N)=N/O)cc2)cc1. The van der Waals surface area contributed by atoms with E-state index in [-0.39, 0.29) is 5.84 Å². The van der Waals surface area contributed by atoms with Gasteiger partial charge in [-0.15, -0.1) is 11.3 Å². The van der Waals surface area contributed by atoms with Crippen LogP contribution in [0.2, 0.25) is 0 Å². The third-order valence-corrected chi connectivity index (χ3v) is 5.95. The summed E-state index contributed by atoms with van der Waals surface area (Å²) >= 11 is 1.77. The van der Waals surface area contributed by atoms with E-state index in [2.05, 4.69) is 36.1 Å². The van der Waals surface area contributed by atoms with Gasteiger partial charge in [-0.2, -0.15) is 0 Å². The Morgan fingerprint density at radius 1 is 0.968 bits per heavy atom. The van der Waals surface area contributed by atoms with Crippen LogP contribution in [0.15, 0.2) is 53.7 Å². The molecule has 3 rings (SSSR count). The van der Waals surface area contributed by atoms with Crippen LogP contribution in [0.25, 0.3) is 11.3 Å². The predicted molar refractivity (Wildman–Crippen MR) is 125 cm³/mol. The molecular weight excluding hydrogens is 410 g/mol. The zero-order chi connectivity index (χ0) is 22.1. The van der Waals surface area contributed by atoms with Gasteiger partial charge in [0.2, 0.25) is 0 Å². The van der Waals surface area contributed by atoms with Gasteiger partial charge in [-0.3, -0.25) is 0 Å². The van der Waals surface area contributed by atoms with Crippen LogP contribution in [0.5, 0.6) is 11.5 Å². The molecule has 0 bridgehead atoms. The number of ether oxygens (including phenoxy) is 2. The molecule has 0 saturated carbocycles. The lowest BCUT2D eigenvalue weighted by Gasteiger charge is -2.08. The molecule has 0 spiro atoms. The number of aromatic nitrogens is 1. The molecule has 0 aliphatic carbocycles. The highest BCUT2D eigenvalue weighted by molar-refractivity contribution is 7.12. The summed E-state index contributed by atoms with van der Waals surface area (Å²) in [6, 6.07) is 15.4. The Kier molecular flexibility index (Phi) is 8.29. The van der Waals surface area contributed by atoms with E-state index in [0.29, 0.717) is 18.8 Å². The van der Waals surface area contributed by atoms with Gasteiger partial charge in [-0.1, -0.05) is 12.1 Å². The lowest BCUT2D eigenvalue weighted by Crippen LogP contribution is -2.12. The molecule has 0 radical (unpaired) electrons. The number of nitrogens with two attached hydrogens (primary N) is 1. The second kappa shape index (κ2) is 11.4. The molecule has 0 unspecified atom stereocenters. The van der Waals surface area contributed by atoms with Crippen molar-refractivity contribution in [2.45, 2.75) is 39.5 Å². The Labute approximate surface area is 187 Å². The molecule has 164 valence electrons. The van der Waals surface area contributed by atoms with Crippen LogP contribution in [0.1, 0.15) is 41.6 Å². The standard InChI is InChI=1S/C24H29N3O3S/c1-3-22-23(26-17(2)31-22)18-7-11-20(12-8-18)29-15-5-4-6-16-30-21-13-9-19(10-14-21)24(25)27-28/h7-14,28H,3-6,15-16H2,1-2H3,(H2,25,27). The number of aryl methyl sites for hydroxylation is 2. The summed E-state index contributed by atoms with van der Waals surface area (Å²) in [6.45, 7) is 5.55. The van der Waals surface area contributed by atoms with Crippen molar-refractivity contribution in [2.24, 2.45) is 10.9 Å². The van der Waals surface area contributed by atoms with Crippen LogP contribution in [0.3, 0.4) is 0 Å². The Balaban J connectivity index is 1.34. The lowest BCUT2D eigenvalue weighted by molar-refractivity contribution is 0.279. The molecule has 0 atom stereocenters. The first kappa shape index (κ1) is 22.6. The second-order valence-electron chi connectivity index (χ2n) is 7.15. The zero-order valence-corrected chi connectivity index (χ0v) is 18.8. The van der Waals surface area contributed by atoms with Crippen molar-refractivity contribution in [3.05, 3.63) is 64.0 Å². The Bertz CT molecular complexity index is 982. The van der Waals surface area contributed by atoms with E-state index in [4.69, 9.17) is 20.4 Å². The lowest BCUT2D eigenvalue weighted by atomic mass is 10.1. The molecule has 7 heteroatoms. The van der Waals surface area contributed by atoms with E-state index in [9.17, 15) is 0 Å². The van der Waals surface area contributed by atoms with Gasteiger partial charge in [0.1, 0.15) is 11.5 Å². The Hall–Kier alpha value is -3.06. The zero-order valence-electron chi connectivity index (χ0n) is 18.0. The molecule has 31 heavy (non-hydrogen) atoms. The van der Waals surface area contributed by atoms with E-state index in [1.54, 1.807) is 23.5 Å². The van der Waals surface area contributed by atoms with Gasteiger partial charge in [0.05, 0.1) is 23.9 Å². The van der Waals surface area contributed by atoms with Crippen molar-refractivity contribution >= 4 is 17.2 Å². The number of oxime groups is 1. The molecule has 0 aliphatic heterocycles. The number of unbranched alkanes of at least 4 members (excludes halogenated alkanes) is 2. The normalized spacial score (nSPS) is 11.5. The molecule has 1 heterocycles. The van der Waals surface area contributed by atoms with Crippen molar-refractivity contribution in [3.63, 3.8) is 0 Å². The number of rotatable bonds is 11. The fourth-order valence-electron chi connectivity index (χ4n) is 3.18. The van der Waals surface area contributed by atoms with E-state index in [0.717, 1.165) is 53.4 Å². The van der Waals surface area contributed by atoms with Gasteiger partial charge < -0.3 is 20.4 Å². The van der Waals surface area contributed by atoms with Gasteiger partial charge in [0.25, 0.3) is 0 Å². The van der Waals surface area contributed by atoms with Crippen molar-refractivity contribution in [1.29, 1.82) is 0 Å². The van der Waals surface area contributed by atoms with Gasteiger partial charge in [0.15, 0.2) is 5.84 Å². The monoisotopic (exact) mass is 439 g/mol. The summed E-state index contributed by atoms with van der Waals surface area (Å²) in [5.41, 5.74) is 8.44. The summed E-state index contributed by atoms with van der Waals surface area (Å²) < 4.78 is 11.6. The van der Waals surface area contributed by atoms with Crippen molar-refractivity contribution in [2.75, 3.05) is 13.2 Å². The van der Waals surface area contributed by atoms with Gasteiger partial charge in [0, 0.05) is 16.0 Å².